The molecule has 0 saturated heterocycles. The maximum atomic E-state index is 12.4. The normalized spacial score (nSPS) is 18.5. The number of hydrogen-bond donors (Lipinski definition) is 1. The van der Waals surface area contributed by atoms with Crippen molar-refractivity contribution in [1.29, 1.82) is 0 Å². The number of anilines is 1. The van der Waals surface area contributed by atoms with Crippen LogP contribution in [0.25, 0.3) is 0 Å². The predicted octanol–water partition coefficient (Wildman–Crippen LogP) is 0.832. The fourth-order valence-electron chi connectivity index (χ4n) is 3.79. The smallest absolute Gasteiger partial charge is 0.303 e. The van der Waals surface area contributed by atoms with Gasteiger partial charge in [0.2, 0.25) is 0 Å². The monoisotopic (exact) mass is 353 g/mol. The number of nitrogens with zero attached hydrogens (tertiary/aromatic N) is 1. The van der Waals surface area contributed by atoms with E-state index in [1.165, 1.54) is 16.0 Å². The third-order valence-corrected chi connectivity index (χ3v) is 5.15. The maximum Gasteiger partial charge on any atom is 0.303 e. The van der Waals surface area contributed by atoms with Crippen molar-refractivity contribution < 1.29 is 24.0 Å². The molecule has 0 bridgehead atoms. The Morgan fingerprint density at radius 2 is 1.73 bits per heavy atom. The van der Waals surface area contributed by atoms with Crippen molar-refractivity contribution in [2.24, 2.45) is 0 Å². The number of Topliss-reactive ketones (excluding diaryl/α,β-unsaturated/α-hetero) is 1. The van der Waals surface area contributed by atoms with E-state index < -0.39 is 11.7 Å². The summed E-state index contributed by atoms with van der Waals surface area (Å²) in [5, 5.41) is 0. The SMILES string of the molecule is COc1cc2c(cc1OC)C[NH+](CN1C(=O)C(=O)c3ccccc31)CC2. The molecule has 0 radical (unpaired) electrons. The van der Waals surface area contributed by atoms with Crippen molar-refractivity contribution in [2.45, 2.75) is 13.0 Å². The molecule has 0 fully saturated rings. The Hall–Kier alpha value is -2.86. The summed E-state index contributed by atoms with van der Waals surface area (Å²) in [5.41, 5.74) is 3.65. The number of hydrogen-bond acceptors (Lipinski definition) is 4. The van der Waals surface area contributed by atoms with Gasteiger partial charge in [-0.1, -0.05) is 12.1 Å². The van der Waals surface area contributed by atoms with Crippen molar-refractivity contribution in [3.63, 3.8) is 0 Å². The van der Waals surface area contributed by atoms with Crippen molar-refractivity contribution in [3.8, 4) is 11.5 Å². The highest BCUT2D eigenvalue weighted by atomic mass is 16.5. The van der Waals surface area contributed by atoms with E-state index in [0.29, 0.717) is 23.7 Å². The lowest BCUT2D eigenvalue weighted by atomic mass is 9.99. The van der Waals surface area contributed by atoms with Gasteiger partial charge in [0.25, 0.3) is 5.78 Å². The number of fused-ring (bicyclic) bond motifs is 2. The molecule has 0 saturated carbocycles. The van der Waals surface area contributed by atoms with Crippen molar-refractivity contribution >= 4 is 17.4 Å². The number of quaternary nitrogens is 1. The van der Waals surface area contributed by atoms with Crippen LogP contribution in [0.3, 0.4) is 0 Å². The Labute approximate surface area is 151 Å². The Kier molecular flexibility index (Phi) is 4.12. The second kappa shape index (κ2) is 6.46. The molecule has 6 nitrogen and oxygen atoms in total. The molecule has 2 aromatic carbocycles. The quantitative estimate of drug-likeness (QED) is 0.828. The van der Waals surface area contributed by atoms with Crippen LogP contribution in [0.15, 0.2) is 36.4 Å². The number of amides is 1. The zero-order chi connectivity index (χ0) is 18.3. The van der Waals surface area contributed by atoms with E-state index in [0.717, 1.165) is 25.3 Å². The van der Waals surface area contributed by atoms with E-state index in [9.17, 15) is 9.59 Å². The van der Waals surface area contributed by atoms with Gasteiger partial charge in [-0.15, -0.1) is 0 Å². The fraction of sp³-hybridized carbons (Fsp3) is 0.300. The van der Waals surface area contributed by atoms with E-state index in [1.54, 1.807) is 31.3 Å². The van der Waals surface area contributed by atoms with Gasteiger partial charge in [0.05, 0.1) is 32.0 Å². The van der Waals surface area contributed by atoms with Crippen LogP contribution in [0.2, 0.25) is 0 Å². The first-order chi connectivity index (χ1) is 12.6. The topological polar surface area (TPSA) is 60.3 Å². The molecule has 0 aromatic heterocycles. The average molecular weight is 353 g/mol. The van der Waals surface area contributed by atoms with Crippen LogP contribution in [-0.2, 0) is 17.8 Å². The summed E-state index contributed by atoms with van der Waals surface area (Å²) in [4.78, 5) is 27.4. The van der Waals surface area contributed by atoms with Gasteiger partial charge in [-0.2, -0.15) is 0 Å². The van der Waals surface area contributed by atoms with Gasteiger partial charge in [-0.3, -0.25) is 14.5 Å². The second-order valence-electron chi connectivity index (χ2n) is 6.64. The Morgan fingerprint density at radius 1 is 1.04 bits per heavy atom. The molecule has 26 heavy (non-hydrogen) atoms. The number of para-hydroxylation sites is 1. The first-order valence-electron chi connectivity index (χ1n) is 8.65. The molecular formula is C20H21N2O4+. The van der Waals surface area contributed by atoms with Crippen molar-refractivity contribution in [1.82, 2.24) is 0 Å². The van der Waals surface area contributed by atoms with Crippen LogP contribution in [0.5, 0.6) is 11.5 Å². The zero-order valence-electron chi connectivity index (χ0n) is 14.9. The standard InChI is InChI=1S/C20H20N2O4/c1-25-17-9-13-7-8-21(11-14(13)10-18(17)26-2)12-22-16-6-4-3-5-15(16)19(23)20(22)24/h3-6,9-10H,7-8,11-12H2,1-2H3/p+1. The molecule has 2 aromatic rings. The molecule has 1 unspecified atom stereocenters. The fourth-order valence-corrected chi connectivity index (χ4v) is 3.79. The maximum absolute atomic E-state index is 12.4. The number of ether oxygens (including phenoxy) is 2. The summed E-state index contributed by atoms with van der Waals surface area (Å²) >= 11 is 0. The third-order valence-electron chi connectivity index (χ3n) is 5.15. The lowest BCUT2D eigenvalue weighted by Gasteiger charge is -2.29. The molecule has 2 heterocycles. The van der Waals surface area contributed by atoms with Gasteiger partial charge < -0.3 is 14.4 Å². The number of benzene rings is 2. The Balaban J connectivity index is 1.57. The van der Waals surface area contributed by atoms with E-state index >= 15 is 0 Å². The van der Waals surface area contributed by atoms with Crippen LogP contribution >= 0.6 is 0 Å². The van der Waals surface area contributed by atoms with Gasteiger partial charge in [-0.05, 0) is 29.8 Å². The van der Waals surface area contributed by atoms with Crippen LogP contribution in [0.4, 0.5) is 5.69 Å². The number of rotatable bonds is 4. The molecule has 4 rings (SSSR count). The summed E-state index contributed by atoms with van der Waals surface area (Å²) in [6.07, 6.45) is 0.892. The minimum atomic E-state index is -0.434. The van der Waals surface area contributed by atoms with Gasteiger partial charge in [0.15, 0.2) is 18.2 Å². The molecule has 1 N–H and O–H groups in total. The third kappa shape index (κ3) is 2.63. The van der Waals surface area contributed by atoms with Gasteiger partial charge in [-0.25, -0.2) is 0 Å². The first kappa shape index (κ1) is 16.6. The molecule has 1 atom stereocenters. The van der Waals surface area contributed by atoms with Crippen LogP contribution in [-0.4, -0.2) is 39.1 Å². The van der Waals surface area contributed by atoms with Gasteiger partial charge >= 0.3 is 5.91 Å². The van der Waals surface area contributed by atoms with E-state index in [1.807, 2.05) is 24.3 Å². The average Bonchev–Trinajstić information content (AvgIpc) is 2.92. The zero-order valence-corrected chi connectivity index (χ0v) is 14.9. The van der Waals surface area contributed by atoms with Crippen molar-refractivity contribution in [3.05, 3.63) is 53.1 Å². The number of ketones is 1. The lowest BCUT2D eigenvalue weighted by molar-refractivity contribution is -0.914. The largest absolute Gasteiger partial charge is 0.493 e. The van der Waals surface area contributed by atoms with Crippen LogP contribution in [0, 0.1) is 0 Å². The van der Waals surface area contributed by atoms with Crippen LogP contribution < -0.4 is 19.3 Å². The highest BCUT2D eigenvalue weighted by Crippen LogP contribution is 2.31. The Morgan fingerprint density at radius 3 is 2.46 bits per heavy atom. The molecule has 2 aliphatic rings. The summed E-state index contributed by atoms with van der Waals surface area (Å²) in [6, 6.07) is 11.2. The highest BCUT2D eigenvalue weighted by molar-refractivity contribution is 6.52. The summed E-state index contributed by atoms with van der Waals surface area (Å²) < 4.78 is 10.8. The van der Waals surface area contributed by atoms with Gasteiger partial charge in [0, 0.05) is 12.0 Å². The molecular weight excluding hydrogens is 332 g/mol. The predicted molar refractivity (Wildman–Crippen MR) is 95.9 cm³/mol. The number of methoxy groups -OCH3 is 2. The molecule has 0 aliphatic carbocycles. The summed E-state index contributed by atoms with van der Waals surface area (Å²) in [5.74, 6) is 0.606. The summed E-state index contributed by atoms with van der Waals surface area (Å²) in [6.45, 7) is 2.15. The second-order valence-corrected chi connectivity index (χ2v) is 6.64. The molecule has 1 amide bonds. The number of carbonyl (C=O) groups is 2. The van der Waals surface area contributed by atoms with E-state index in [-0.39, 0.29) is 0 Å². The van der Waals surface area contributed by atoms with Gasteiger partial charge in [0.1, 0.15) is 6.54 Å². The van der Waals surface area contributed by atoms with E-state index in [4.69, 9.17) is 9.47 Å². The number of nitrogens with one attached hydrogen (secondary N) is 1. The highest BCUT2D eigenvalue weighted by Gasteiger charge is 2.38. The number of carbonyl (C=O) groups excluding carboxylic acids is 2. The first-order valence-corrected chi connectivity index (χ1v) is 8.65. The molecule has 0 spiro atoms. The molecule has 134 valence electrons. The Bertz CT molecular complexity index is 893. The molecule has 6 heteroatoms. The summed E-state index contributed by atoms with van der Waals surface area (Å²) in [7, 11) is 3.27. The van der Waals surface area contributed by atoms with E-state index in [2.05, 4.69) is 0 Å². The molecule has 2 aliphatic heterocycles. The van der Waals surface area contributed by atoms with Crippen LogP contribution in [0.1, 0.15) is 21.5 Å². The van der Waals surface area contributed by atoms with Crippen molar-refractivity contribution in [2.75, 3.05) is 32.3 Å². The lowest BCUT2D eigenvalue weighted by Crippen LogP contribution is -3.13. The minimum Gasteiger partial charge on any atom is -0.493 e. The minimum absolute atomic E-state index is 0.413.